The van der Waals surface area contributed by atoms with E-state index in [1.165, 1.54) is 29.2 Å². The topological polar surface area (TPSA) is 107 Å². The molecule has 1 aliphatic rings. The van der Waals surface area contributed by atoms with Gasteiger partial charge in [-0.25, -0.2) is 8.42 Å². The normalized spacial score (nSPS) is 17.6. The van der Waals surface area contributed by atoms with E-state index in [-0.39, 0.29) is 36.3 Å². The molecule has 1 saturated heterocycles. The average molecular weight is 439 g/mol. The molecule has 8 nitrogen and oxygen atoms in total. The van der Waals surface area contributed by atoms with Crippen molar-refractivity contribution >= 4 is 33.0 Å². The Bertz CT molecular complexity index is 1010. The molecule has 2 aromatic rings. The van der Waals surface area contributed by atoms with Crippen molar-refractivity contribution < 1.29 is 22.9 Å². The molecule has 1 atom stereocenters. The largest absolute Gasteiger partial charge is 0.484 e. The lowest BCUT2D eigenvalue weighted by Gasteiger charge is -2.28. The molecular weight excluding hydrogens is 420 g/mol. The van der Waals surface area contributed by atoms with Crippen LogP contribution in [0.25, 0.3) is 0 Å². The molecule has 1 amide bonds. The van der Waals surface area contributed by atoms with Crippen LogP contribution in [0.15, 0.2) is 48.5 Å². The number of benzene rings is 2. The zero-order chi connectivity index (χ0) is 21.0. The molecule has 154 valence electrons. The van der Waals surface area contributed by atoms with Crippen molar-refractivity contribution in [3.05, 3.63) is 69.2 Å². The number of hydrogen-bond acceptors (Lipinski definition) is 6. The number of nitro groups is 1. The molecule has 0 radical (unpaired) electrons. The van der Waals surface area contributed by atoms with Gasteiger partial charge in [0.15, 0.2) is 16.4 Å². The van der Waals surface area contributed by atoms with Crippen molar-refractivity contribution in [1.82, 2.24) is 4.90 Å². The summed E-state index contributed by atoms with van der Waals surface area (Å²) >= 11 is 6.02. The molecule has 0 saturated carbocycles. The Morgan fingerprint density at radius 3 is 2.55 bits per heavy atom. The highest BCUT2D eigenvalue weighted by Gasteiger charge is 2.34. The summed E-state index contributed by atoms with van der Waals surface area (Å²) in [4.78, 5) is 24.5. The Morgan fingerprint density at radius 2 is 1.97 bits per heavy atom. The van der Waals surface area contributed by atoms with Crippen molar-refractivity contribution in [2.45, 2.75) is 19.0 Å². The van der Waals surface area contributed by atoms with Gasteiger partial charge in [0.1, 0.15) is 5.75 Å². The first-order valence-corrected chi connectivity index (χ1v) is 11.0. The molecule has 0 unspecified atom stereocenters. The van der Waals surface area contributed by atoms with Crippen molar-refractivity contribution in [3.63, 3.8) is 0 Å². The highest BCUT2D eigenvalue weighted by molar-refractivity contribution is 7.91. The van der Waals surface area contributed by atoms with Gasteiger partial charge in [0.2, 0.25) is 0 Å². The van der Waals surface area contributed by atoms with Gasteiger partial charge in [0.05, 0.1) is 16.4 Å². The highest BCUT2D eigenvalue weighted by atomic mass is 35.5. The lowest BCUT2D eigenvalue weighted by atomic mass is 10.1. The SMILES string of the molecule is O=C(COc1ccc([N+](=O)[O-])cc1)N(Cc1cccc(Cl)c1)[C@@H]1CCS(=O)(=O)C1. The quantitative estimate of drug-likeness (QED) is 0.486. The van der Waals surface area contributed by atoms with Crippen LogP contribution >= 0.6 is 11.6 Å². The molecule has 29 heavy (non-hydrogen) atoms. The van der Waals surface area contributed by atoms with Crippen molar-refractivity contribution in [1.29, 1.82) is 0 Å². The first kappa shape index (κ1) is 21.1. The first-order chi connectivity index (χ1) is 13.7. The van der Waals surface area contributed by atoms with E-state index in [9.17, 15) is 23.3 Å². The molecule has 1 fully saturated rings. The number of hydrogen-bond donors (Lipinski definition) is 0. The van der Waals surface area contributed by atoms with E-state index in [0.29, 0.717) is 17.2 Å². The van der Waals surface area contributed by atoms with Gasteiger partial charge in [-0.3, -0.25) is 14.9 Å². The Balaban J connectivity index is 1.72. The van der Waals surface area contributed by atoms with E-state index >= 15 is 0 Å². The fourth-order valence-electron chi connectivity index (χ4n) is 3.17. The first-order valence-electron chi connectivity index (χ1n) is 8.85. The zero-order valence-electron chi connectivity index (χ0n) is 15.4. The second kappa shape index (κ2) is 8.79. The Labute approximate surface area is 173 Å². The Morgan fingerprint density at radius 1 is 1.24 bits per heavy atom. The van der Waals surface area contributed by atoms with Crippen LogP contribution in [0.2, 0.25) is 5.02 Å². The third kappa shape index (κ3) is 5.68. The van der Waals surface area contributed by atoms with Crippen molar-refractivity contribution in [2.24, 2.45) is 0 Å². The Hall–Kier alpha value is -2.65. The van der Waals surface area contributed by atoms with Crippen LogP contribution in [0.3, 0.4) is 0 Å². The predicted molar refractivity (Wildman–Crippen MR) is 108 cm³/mol. The van der Waals surface area contributed by atoms with E-state index in [2.05, 4.69) is 0 Å². The van der Waals surface area contributed by atoms with Gasteiger partial charge >= 0.3 is 0 Å². The third-order valence-electron chi connectivity index (χ3n) is 4.62. The Kier molecular flexibility index (Phi) is 6.39. The van der Waals surface area contributed by atoms with E-state index in [4.69, 9.17) is 16.3 Å². The molecule has 1 heterocycles. The van der Waals surface area contributed by atoms with E-state index in [1.807, 2.05) is 6.07 Å². The fraction of sp³-hybridized carbons (Fsp3) is 0.316. The third-order valence-corrected chi connectivity index (χ3v) is 6.61. The summed E-state index contributed by atoms with van der Waals surface area (Å²) in [5.41, 5.74) is 0.702. The zero-order valence-corrected chi connectivity index (χ0v) is 16.9. The number of carbonyl (C=O) groups excluding carboxylic acids is 1. The van der Waals surface area contributed by atoms with Gasteiger partial charge in [-0.2, -0.15) is 0 Å². The van der Waals surface area contributed by atoms with E-state index in [0.717, 1.165) is 5.56 Å². The maximum Gasteiger partial charge on any atom is 0.269 e. The number of nitro benzene ring substituents is 1. The van der Waals surface area contributed by atoms with Crippen LogP contribution in [0, 0.1) is 10.1 Å². The fourth-order valence-corrected chi connectivity index (χ4v) is 5.11. The molecule has 10 heteroatoms. The molecule has 0 N–H and O–H groups in total. The van der Waals surface area contributed by atoms with Crippen LogP contribution in [0.1, 0.15) is 12.0 Å². The van der Waals surface area contributed by atoms with E-state index in [1.54, 1.807) is 18.2 Å². The summed E-state index contributed by atoms with van der Waals surface area (Å²) in [6.45, 7) is -0.0991. The van der Waals surface area contributed by atoms with Crippen LogP contribution in [-0.2, 0) is 21.2 Å². The summed E-state index contributed by atoms with van der Waals surface area (Å²) in [5.74, 6) is -0.104. The summed E-state index contributed by atoms with van der Waals surface area (Å²) < 4.78 is 29.3. The van der Waals surface area contributed by atoms with Crippen LogP contribution in [0.4, 0.5) is 5.69 Å². The number of carbonyl (C=O) groups is 1. The molecule has 2 aromatic carbocycles. The summed E-state index contributed by atoms with van der Waals surface area (Å²) in [7, 11) is -3.18. The number of ether oxygens (including phenoxy) is 1. The maximum absolute atomic E-state index is 12.8. The minimum atomic E-state index is -3.18. The smallest absolute Gasteiger partial charge is 0.269 e. The number of amides is 1. The van der Waals surface area contributed by atoms with Gasteiger partial charge < -0.3 is 9.64 Å². The number of non-ortho nitro benzene ring substituents is 1. The summed E-state index contributed by atoms with van der Waals surface area (Å²) in [6.07, 6.45) is 0.367. The standard InChI is InChI=1S/C19H19ClN2O6S/c20-15-3-1-2-14(10-15)11-21(17-8-9-29(26,27)13-17)19(23)12-28-18-6-4-16(5-7-18)22(24)25/h1-7,10,17H,8-9,11-13H2/t17-/m1/s1. The number of rotatable bonds is 7. The number of nitrogens with zero attached hydrogens (tertiary/aromatic N) is 2. The molecule has 0 aliphatic carbocycles. The van der Waals surface area contributed by atoms with Crippen molar-refractivity contribution in [2.75, 3.05) is 18.1 Å². The van der Waals surface area contributed by atoms with E-state index < -0.39 is 20.8 Å². The van der Waals surface area contributed by atoms with Crippen LogP contribution < -0.4 is 4.74 Å². The van der Waals surface area contributed by atoms with Gasteiger partial charge in [-0.05, 0) is 36.2 Å². The molecule has 0 aromatic heterocycles. The minimum absolute atomic E-state index is 0.0419. The highest BCUT2D eigenvalue weighted by Crippen LogP contribution is 2.22. The van der Waals surface area contributed by atoms with Crippen LogP contribution in [0.5, 0.6) is 5.75 Å². The predicted octanol–water partition coefficient (Wildman–Crippen LogP) is 2.84. The van der Waals surface area contributed by atoms with Crippen molar-refractivity contribution in [3.8, 4) is 5.75 Å². The molecule has 3 rings (SSSR count). The molecule has 0 bridgehead atoms. The van der Waals surface area contributed by atoms with Gasteiger partial charge in [0.25, 0.3) is 11.6 Å². The average Bonchev–Trinajstić information content (AvgIpc) is 3.04. The van der Waals surface area contributed by atoms with Gasteiger partial charge in [-0.1, -0.05) is 23.7 Å². The monoisotopic (exact) mass is 438 g/mol. The second-order valence-electron chi connectivity index (χ2n) is 6.75. The summed E-state index contributed by atoms with van der Waals surface area (Å²) in [5, 5.41) is 11.2. The summed E-state index contributed by atoms with van der Waals surface area (Å²) in [6, 6.07) is 12.0. The lowest BCUT2D eigenvalue weighted by molar-refractivity contribution is -0.384. The maximum atomic E-state index is 12.8. The lowest BCUT2D eigenvalue weighted by Crippen LogP contribution is -2.43. The molecular formula is C19H19ClN2O6S. The number of halogens is 1. The number of sulfone groups is 1. The minimum Gasteiger partial charge on any atom is -0.484 e. The van der Waals surface area contributed by atoms with Gasteiger partial charge in [-0.15, -0.1) is 0 Å². The molecule has 1 aliphatic heterocycles. The van der Waals surface area contributed by atoms with Crippen LogP contribution in [-0.4, -0.2) is 48.3 Å². The molecule has 0 spiro atoms. The second-order valence-corrected chi connectivity index (χ2v) is 9.41. The van der Waals surface area contributed by atoms with Gasteiger partial charge in [0, 0.05) is 29.7 Å².